The van der Waals surface area contributed by atoms with Gasteiger partial charge in [0.15, 0.2) is 0 Å². The van der Waals surface area contributed by atoms with Crippen molar-refractivity contribution in [2.75, 3.05) is 11.5 Å². The van der Waals surface area contributed by atoms with Crippen LogP contribution in [0.4, 0.5) is 0 Å². The lowest BCUT2D eigenvalue weighted by molar-refractivity contribution is -0.0892. The molecule has 0 amide bonds. The Labute approximate surface area is 82.6 Å². The van der Waals surface area contributed by atoms with E-state index in [0.29, 0.717) is 6.04 Å². The lowest BCUT2D eigenvalue weighted by Crippen LogP contribution is -2.40. The first kappa shape index (κ1) is 11.1. The second kappa shape index (κ2) is 4.53. The Balaban J connectivity index is 2.20. The van der Waals surface area contributed by atoms with Crippen LogP contribution in [-0.2, 0) is 15.6 Å². The predicted octanol–water partition coefficient (Wildman–Crippen LogP) is 1.22. The topological polar surface area (TPSA) is 38.3 Å². The smallest absolute Gasteiger partial charge is 0.0813 e. The molecular formula is C9H19NO2S. The molecule has 0 aromatic rings. The Hall–Kier alpha value is 0.0700. The molecule has 0 aromatic heterocycles. The number of hydrogen-bond acceptors (Lipinski definition) is 3. The van der Waals surface area contributed by atoms with Gasteiger partial charge >= 0.3 is 0 Å². The molecule has 1 heterocycles. The van der Waals surface area contributed by atoms with Crippen LogP contribution in [0.1, 0.15) is 33.6 Å². The van der Waals surface area contributed by atoms with E-state index in [2.05, 4.69) is 5.48 Å². The molecule has 13 heavy (non-hydrogen) atoms. The van der Waals surface area contributed by atoms with E-state index in [4.69, 9.17) is 4.84 Å². The molecule has 1 fully saturated rings. The van der Waals surface area contributed by atoms with Crippen LogP contribution in [0.3, 0.4) is 0 Å². The summed E-state index contributed by atoms with van der Waals surface area (Å²) in [5, 5.41) is 0. The Kier molecular flexibility index (Phi) is 3.88. The third-order valence-corrected chi connectivity index (χ3v) is 3.30. The minimum atomic E-state index is -0.581. The van der Waals surface area contributed by atoms with Gasteiger partial charge in [0, 0.05) is 28.3 Å². The molecule has 3 nitrogen and oxygen atoms in total. The molecule has 0 aliphatic carbocycles. The molecule has 78 valence electrons. The highest BCUT2D eigenvalue weighted by atomic mass is 32.2. The lowest BCUT2D eigenvalue weighted by atomic mass is 10.2. The fourth-order valence-corrected chi connectivity index (χ4v) is 2.47. The molecular weight excluding hydrogens is 186 g/mol. The van der Waals surface area contributed by atoms with Crippen LogP contribution in [0.25, 0.3) is 0 Å². The quantitative estimate of drug-likeness (QED) is 0.689. The number of hydroxylamine groups is 1. The normalized spacial score (nSPS) is 30.4. The molecule has 0 aromatic carbocycles. The van der Waals surface area contributed by atoms with E-state index >= 15 is 0 Å². The highest BCUT2D eigenvalue weighted by molar-refractivity contribution is 7.85. The van der Waals surface area contributed by atoms with E-state index in [0.717, 1.165) is 24.3 Å². The monoisotopic (exact) mass is 205 g/mol. The molecule has 4 heteroatoms. The van der Waals surface area contributed by atoms with Crippen LogP contribution in [0.2, 0.25) is 0 Å². The van der Waals surface area contributed by atoms with Crippen LogP contribution in [0, 0.1) is 0 Å². The van der Waals surface area contributed by atoms with Crippen molar-refractivity contribution in [3.05, 3.63) is 0 Å². The van der Waals surface area contributed by atoms with Gasteiger partial charge in [0.05, 0.1) is 5.60 Å². The fraction of sp³-hybridized carbons (Fsp3) is 1.00. The minimum absolute atomic E-state index is 0.142. The van der Waals surface area contributed by atoms with Crippen LogP contribution >= 0.6 is 0 Å². The largest absolute Gasteiger partial charge is 0.296 e. The van der Waals surface area contributed by atoms with Crippen LogP contribution in [0.15, 0.2) is 0 Å². The third-order valence-electron chi connectivity index (χ3n) is 1.92. The molecule has 0 saturated carbocycles. The van der Waals surface area contributed by atoms with Crippen LogP contribution in [-0.4, -0.2) is 27.4 Å². The summed E-state index contributed by atoms with van der Waals surface area (Å²) >= 11 is 0. The maximum Gasteiger partial charge on any atom is 0.0813 e. The second-order valence-corrected chi connectivity index (χ2v) is 6.15. The molecule has 1 aliphatic heterocycles. The zero-order valence-corrected chi connectivity index (χ0v) is 9.45. The molecule has 0 radical (unpaired) electrons. The summed E-state index contributed by atoms with van der Waals surface area (Å²) < 4.78 is 11.1. The first-order chi connectivity index (χ1) is 5.97. The van der Waals surface area contributed by atoms with Crippen molar-refractivity contribution in [1.82, 2.24) is 5.48 Å². The Bertz CT molecular complexity index is 179. The van der Waals surface area contributed by atoms with Crippen molar-refractivity contribution in [1.29, 1.82) is 0 Å². The zero-order valence-electron chi connectivity index (χ0n) is 8.63. The molecule has 0 bridgehead atoms. The van der Waals surface area contributed by atoms with E-state index in [1.807, 2.05) is 20.8 Å². The summed E-state index contributed by atoms with van der Waals surface area (Å²) in [5.41, 5.74) is 2.91. The van der Waals surface area contributed by atoms with Crippen molar-refractivity contribution < 1.29 is 9.05 Å². The van der Waals surface area contributed by atoms with Gasteiger partial charge in [-0.15, -0.1) is 0 Å². The SMILES string of the molecule is CC(C)(C)ONC1CCS(=O)CC1. The minimum Gasteiger partial charge on any atom is -0.296 e. The maximum absolute atomic E-state index is 11.1. The van der Waals surface area contributed by atoms with E-state index in [9.17, 15) is 4.21 Å². The van der Waals surface area contributed by atoms with Gasteiger partial charge in [-0.2, -0.15) is 5.48 Å². The second-order valence-electron chi connectivity index (χ2n) is 4.45. The maximum atomic E-state index is 11.1. The Morgan fingerprint density at radius 1 is 1.31 bits per heavy atom. The first-order valence-electron chi connectivity index (χ1n) is 4.76. The van der Waals surface area contributed by atoms with Gasteiger partial charge in [-0.05, 0) is 33.6 Å². The van der Waals surface area contributed by atoms with Crippen molar-refractivity contribution in [2.45, 2.75) is 45.3 Å². The summed E-state index contributed by atoms with van der Waals surface area (Å²) in [5.74, 6) is 1.62. The molecule has 1 rings (SSSR count). The molecule has 0 unspecified atom stereocenters. The standard InChI is InChI=1S/C9H19NO2S/c1-9(2,3)12-10-8-4-6-13(11)7-5-8/h8,10H,4-7H2,1-3H3. The van der Waals surface area contributed by atoms with Crippen molar-refractivity contribution in [3.63, 3.8) is 0 Å². The summed E-state index contributed by atoms with van der Waals surface area (Å²) in [6, 6.07) is 0.386. The van der Waals surface area contributed by atoms with Crippen molar-refractivity contribution in [2.24, 2.45) is 0 Å². The van der Waals surface area contributed by atoms with Gasteiger partial charge in [-0.1, -0.05) is 0 Å². The van der Waals surface area contributed by atoms with Gasteiger partial charge in [-0.3, -0.25) is 9.05 Å². The van der Waals surface area contributed by atoms with Crippen LogP contribution in [0.5, 0.6) is 0 Å². The van der Waals surface area contributed by atoms with Crippen molar-refractivity contribution in [3.8, 4) is 0 Å². The van der Waals surface area contributed by atoms with E-state index in [1.54, 1.807) is 0 Å². The van der Waals surface area contributed by atoms with Gasteiger partial charge in [0.2, 0.25) is 0 Å². The average molecular weight is 205 g/mol. The summed E-state index contributed by atoms with van der Waals surface area (Å²) in [6.07, 6.45) is 1.92. The lowest BCUT2D eigenvalue weighted by Gasteiger charge is -2.27. The summed E-state index contributed by atoms with van der Waals surface area (Å²) in [7, 11) is -0.581. The third kappa shape index (κ3) is 4.74. The molecule has 0 atom stereocenters. The van der Waals surface area contributed by atoms with Gasteiger partial charge in [0.1, 0.15) is 0 Å². The Morgan fingerprint density at radius 2 is 1.85 bits per heavy atom. The highest BCUT2D eigenvalue weighted by Gasteiger charge is 2.20. The highest BCUT2D eigenvalue weighted by Crippen LogP contribution is 2.11. The van der Waals surface area contributed by atoms with Gasteiger partial charge in [-0.25, -0.2) is 0 Å². The van der Waals surface area contributed by atoms with Gasteiger partial charge < -0.3 is 0 Å². The predicted molar refractivity (Wildman–Crippen MR) is 54.9 cm³/mol. The number of hydrogen-bond donors (Lipinski definition) is 1. The van der Waals surface area contributed by atoms with Gasteiger partial charge in [0.25, 0.3) is 0 Å². The average Bonchev–Trinajstić information content (AvgIpc) is 2.02. The van der Waals surface area contributed by atoms with E-state index < -0.39 is 10.8 Å². The Morgan fingerprint density at radius 3 is 2.31 bits per heavy atom. The molecule has 0 spiro atoms. The van der Waals surface area contributed by atoms with Crippen LogP contribution < -0.4 is 5.48 Å². The molecule has 1 aliphatic rings. The number of rotatable bonds is 2. The summed E-state index contributed by atoms with van der Waals surface area (Å²) in [4.78, 5) is 5.46. The molecule has 1 saturated heterocycles. The number of nitrogens with one attached hydrogen (secondary N) is 1. The summed E-state index contributed by atoms with van der Waals surface area (Å²) in [6.45, 7) is 6.04. The molecule has 1 N–H and O–H groups in total. The van der Waals surface area contributed by atoms with E-state index in [1.165, 1.54) is 0 Å². The fourth-order valence-electron chi connectivity index (χ4n) is 1.17. The van der Waals surface area contributed by atoms with Crippen molar-refractivity contribution >= 4 is 10.8 Å². The first-order valence-corrected chi connectivity index (χ1v) is 6.25. The zero-order chi connectivity index (χ0) is 9.90. The van der Waals surface area contributed by atoms with E-state index in [-0.39, 0.29) is 5.60 Å².